The minimum absolute atomic E-state index is 0.0694. The van der Waals surface area contributed by atoms with Crippen LogP contribution in [0.1, 0.15) is 39.5 Å². The molecular formula is C21H41N3O8. The molecule has 0 atom stereocenters. The van der Waals surface area contributed by atoms with Crippen LogP contribution in [0.5, 0.6) is 0 Å². The fourth-order valence-corrected chi connectivity index (χ4v) is 1.92. The summed E-state index contributed by atoms with van der Waals surface area (Å²) in [5.74, 6) is -2.09. The van der Waals surface area contributed by atoms with E-state index in [0.717, 1.165) is 65.3 Å². The maximum absolute atomic E-state index is 9.90. The zero-order valence-corrected chi connectivity index (χ0v) is 19.4. The minimum Gasteiger partial charge on any atom is -0.481 e. The molecule has 3 aliphatic rings. The van der Waals surface area contributed by atoms with Crippen LogP contribution in [0.2, 0.25) is 0 Å². The van der Waals surface area contributed by atoms with Gasteiger partial charge in [-0.1, -0.05) is 13.8 Å². The van der Waals surface area contributed by atoms with Gasteiger partial charge in [-0.3, -0.25) is 14.4 Å². The van der Waals surface area contributed by atoms with Crippen LogP contribution in [0.4, 0.5) is 0 Å². The molecule has 0 aliphatic carbocycles. The van der Waals surface area contributed by atoms with E-state index in [1.807, 2.05) is 13.8 Å². The van der Waals surface area contributed by atoms with Crippen molar-refractivity contribution < 1.29 is 39.9 Å². The standard InChI is InChI=1S/C6H14O2.3C5H9NO2/c1-3-6(2,4-7)5-8;3*7-5(8)1-2-6-3-4-6/h7-8H,3-5H2,1-2H3;3*1-4H2,(H,7,8). The van der Waals surface area contributed by atoms with Crippen LogP contribution in [0.25, 0.3) is 0 Å². The Labute approximate surface area is 190 Å². The number of aliphatic hydroxyl groups is 2. The van der Waals surface area contributed by atoms with Crippen molar-refractivity contribution in [3.05, 3.63) is 0 Å². The molecule has 0 unspecified atom stereocenters. The highest BCUT2D eigenvalue weighted by Crippen LogP contribution is 2.17. The molecule has 0 aromatic carbocycles. The lowest BCUT2D eigenvalue weighted by molar-refractivity contribution is -0.138. The molecule has 11 heteroatoms. The average molecular weight is 464 g/mol. The molecule has 0 saturated carbocycles. The van der Waals surface area contributed by atoms with Gasteiger partial charge in [-0.15, -0.1) is 0 Å². The van der Waals surface area contributed by atoms with Gasteiger partial charge in [0.25, 0.3) is 0 Å². The number of carbonyl (C=O) groups is 3. The average Bonchev–Trinajstić information content (AvgIpc) is 3.60. The molecule has 3 saturated heterocycles. The zero-order valence-electron chi connectivity index (χ0n) is 19.4. The fourth-order valence-electron chi connectivity index (χ4n) is 1.92. The summed E-state index contributed by atoms with van der Waals surface area (Å²) in [6.45, 7) is 12.7. The summed E-state index contributed by atoms with van der Waals surface area (Å²) in [5.41, 5.74) is -0.264. The molecule has 3 aliphatic heterocycles. The van der Waals surface area contributed by atoms with Gasteiger partial charge < -0.3 is 40.2 Å². The van der Waals surface area contributed by atoms with Crippen LogP contribution < -0.4 is 0 Å². The molecular weight excluding hydrogens is 422 g/mol. The molecule has 32 heavy (non-hydrogen) atoms. The molecule has 0 aromatic rings. The van der Waals surface area contributed by atoms with Gasteiger partial charge >= 0.3 is 17.9 Å². The number of hydrogen-bond donors (Lipinski definition) is 5. The topological polar surface area (TPSA) is 161 Å². The van der Waals surface area contributed by atoms with Crippen molar-refractivity contribution in [3.8, 4) is 0 Å². The van der Waals surface area contributed by atoms with Crippen molar-refractivity contribution in [2.24, 2.45) is 5.41 Å². The summed E-state index contributed by atoms with van der Waals surface area (Å²) in [4.78, 5) is 36.0. The van der Waals surface area contributed by atoms with Crippen LogP contribution in [0.3, 0.4) is 0 Å². The number of carboxylic acids is 3. The summed E-state index contributed by atoms with van der Waals surface area (Å²) in [6, 6.07) is 0. The normalized spacial score (nSPS) is 16.9. The molecule has 5 N–H and O–H groups in total. The SMILES string of the molecule is CCC(C)(CO)CO.O=C(O)CCN1CC1.O=C(O)CCN1CC1.O=C(O)CCN1CC1. The highest BCUT2D eigenvalue weighted by Gasteiger charge is 2.19. The highest BCUT2D eigenvalue weighted by molar-refractivity contribution is 5.67. The third-order valence-electron chi connectivity index (χ3n) is 5.16. The van der Waals surface area contributed by atoms with Crippen LogP contribution in [-0.2, 0) is 14.4 Å². The Balaban J connectivity index is 0.000000400. The summed E-state index contributed by atoms with van der Waals surface area (Å²) < 4.78 is 0. The number of aliphatic carboxylic acids is 3. The first-order valence-electron chi connectivity index (χ1n) is 11.1. The zero-order chi connectivity index (χ0) is 24.6. The van der Waals surface area contributed by atoms with Crippen LogP contribution >= 0.6 is 0 Å². The molecule has 3 fully saturated rings. The molecule has 3 rings (SSSR count). The molecule has 0 aromatic heterocycles. The lowest BCUT2D eigenvalue weighted by Crippen LogP contribution is -2.24. The third-order valence-corrected chi connectivity index (χ3v) is 5.16. The first-order chi connectivity index (χ1) is 15.0. The van der Waals surface area contributed by atoms with Crippen LogP contribution in [0, 0.1) is 5.41 Å². The fraction of sp³-hybridized carbons (Fsp3) is 0.857. The summed E-state index contributed by atoms with van der Waals surface area (Å²) in [5, 5.41) is 41.7. The van der Waals surface area contributed by atoms with Gasteiger partial charge in [0.05, 0.1) is 32.5 Å². The predicted octanol–water partition coefficient (Wildman–Crippen LogP) is -0.283. The third kappa shape index (κ3) is 21.4. The van der Waals surface area contributed by atoms with E-state index in [1.54, 1.807) is 0 Å². The summed E-state index contributed by atoms with van der Waals surface area (Å²) >= 11 is 0. The Morgan fingerprint density at radius 2 is 0.906 bits per heavy atom. The van der Waals surface area contributed by atoms with Crippen molar-refractivity contribution in [3.63, 3.8) is 0 Å². The van der Waals surface area contributed by atoms with Gasteiger partial charge in [0.1, 0.15) is 0 Å². The van der Waals surface area contributed by atoms with Gasteiger partial charge in [-0.25, -0.2) is 0 Å². The lowest BCUT2D eigenvalue weighted by Gasteiger charge is -2.21. The molecule has 0 amide bonds. The largest absolute Gasteiger partial charge is 0.481 e. The van der Waals surface area contributed by atoms with Gasteiger partial charge in [-0.2, -0.15) is 0 Å². The lowest BCUT2D eigenvalue weighted by atomic mass is 9.90. The molecule has 3 heterocycles. The molecule has 0 bridgehead atoms. The van der Waals surface area contributed by atoms with Crippen molar-refractivity contribution >= 4 is 17.9 Å². The maximum atomic E-state index is 9.90. The van der Waals surface area contributed by atoms with Gasteiger partial charge in [0.15, 0.2) is 0 Å². The Hall–Kier alpha value is -1.79. The number of carboxylic acid groups (broad SMARTS) is 3. The van der Waals surface area contributed by atoms with Crippen LogP contribution in [-0.4, -0.2) is 130 Å². The van der Waals surface area contributed by atoms with E-state index in [1.165, 1.54) is 0 Å². The molecule has 0 spiro atoms. The number of nitrogens with zero attached hydrogens (tertiary/aromatic N) is 3. The first kappa shape index (κ1) is 30.2. The van der Waals surface area contributed by atoms with E-state index in [-0.39, 0.29) is 18.6 Å². The Kier molecular flexibility index (Phi) is 15.8. The summed E-state index contributed by atoms with van der Waals surface area (Å²) in [6.07, 6.45) is 1.69. The second-order valence-electron chi connectivity index (χ2n) is 8.44. The Morgan fingerprint density at radius 1 is 0.656 bits per heavy atom. The monoisotopic (exact) mass is 463 g/mol. The Morgan fingerprint density at radius 3 is 1.00 bits per heavy atom. The predicted molar refractivity (Wildman–Crippen MR) is 119 cm³/mol. The summed E-state index contributed by atoms with van der Waals surface area (Å²) in [7, 11) is 0. The molecule has 11 nitrogen and oxygen atoms in total. The molecule has 0 radical (unpaired) electrons. The smallest absolute Gasteiger partial charge is 0.304 e. The van der Waals surface area contributed by atoms with Gasteiger partial charge in [0.2, 0.25) is 0 Å². The van der Waals surface area contributed by atoms with Gasteiger partial charge in [-0.05, 0) is 6.42 Å². The van der Waals surface area contributed by atoms with E-state index >= 15 is 0 Å². The number of hydrogen-bond acceptors (Lipinski definition) is 8. The quantitative estimate of drug-likeness (QED) is 0.242. The first-order valence-corrected chi connectivity index (χ1v) is 11.1. The van der Waals surface area contributed by atoms with E-state index in [9.17, 15) is 14.4 Å². The second-order valence-corrected chi connectivity index (χ2v) is 8.44. The van der Waals surface area contributed by atoms with Crippen molar-refractivity contribution in [1.29, 1.82) is 0 Å². The highest BCUT2D eigenvalue weighted by atomic mass is 16.4. The van der Waals surface area contributed by atoms with E-state index in [4.69, 9.17) is 25.5 Å². The number of aliphatic hydroxyl groups excluding tert-OH is 2. The maximum Gasteiger partial charge on any atom is 0.304 e. The Bertz CT molecular complexity index is 475. The van der Waals surface area contributed by atoms with Crippen LogP contribution in [0.15, 0.2) is 0 Å². The number of rotatable bonds is 12. The second kappa shape index (κ2) is 16.8. The minimum atomic E-state index is -0.697. The van der Waals surface area contributed by atoms with E-state index < -0.39 is 17.9 Å². The van der Waals surface area contributed by atoms with Crippen molar-refractivity contribution in [1.82, 2.24) is 14.7 Å². The van der Waals surface area contributed by atoms with Gasteiger partial charge in [0, 0.05) is 64.3 Å². The van der Waals surface area contributed by atoms with Crippen molar-refractivity contribution in [2.45, 2.75) is 39.5 Å². The van der Waals surface area contributed by atoms with E-state index in [2.05, 4.69) is 14.7 Å². The molecule has 188 valence electrons. The van der Waals surface area contributed by atoms with E-state index in [0.29, 0.717) is 19.3 Å². The van der Waals surface area contributed by atoms with Crippen molar-refractivity contribution in [2.75, 3.05) is 72.1 Å².